The summed E-state index contributed by atoms with van der Waals surface area (Å²) in [6.07, 6.45) is 3.43. The third-order valence-electron chi connectivity index (χ3n) is 2.56. The van der Waals surface area contributed by atoms with Crippen LogP contribution in [-0.4, -0.2) is 27.0 Å². The summed E-state index contributed by atoms with van der Waals surface area (Å²) >= 11 is 0. The van der Waals surface area contributed by atoms with Gasteiger partial charge in [0.1, 0.15) is 5.78 Å². The van der Waals surface area contributed by atoms with Crippen molar-refractivity contribution in [3.05, 3.63) is 17.7 Å². The second-order valence-electron chi connectivity index (χ2n) is 3.59. The molecule has 0 fully saturated rings. The first kappa shape index (κ1) is 11.9. The third kappa shape index (κ3) is 3.16. The summed E-state index contributed by atoms with van der Waals surface area (Å²) in [4.78, 5) is 15.5. The molecule has 0 amide bonds. The summed E-state index contributed by atoms with van der Waals surface area (Å²) in [5.74, 6) is 0.101. The molecular formula is C11H18N2O2. The highest BCUT2D eigenvalue weighted by atomic mass is 16.3. The average molecular weight is 210 g/mol. The summed E-state index contributed by atoms with van der Waals surface area (Å²) in [7, 11) is 0. The fourth-order valence-corrected chi connectivity index (χ4v) is 1.55. The molecule has 1 rings (SSSR count). The highest BCUT2D eigenvalue weighted by molar-refractivity contribution is 5.78. The Bertz CT molecular complexity index is 331. The van der Waals surface area contributed by atoms with E-state index >= 15 is 0 Å². The normalized spacial score (nSPS) is 10.6. The number of ketones is 1. The van der Waals surface area contributed by atoms with E-state index in [4.69, 9.17) is 5.11 Å². The van der Waals surface area contributed by atoms with Gasteiger partial charge in [-0.3, -0.25) is 4.79 Å². The van der Waals surface area contributed by atoms with Crippen LogP contribution in [0, 0.1) is 6.92 Å². The van der Waals surface area contributed by atoms with Crippen LogP contribution in [0.1, 0.15) is 31.2 Å². The average Bonchev–Trinajstić information content (AvgIpc) is 2.57. The molecule has 0 radical (unpaired) electrons. The zero-order valence-corrected chi connectivity index (χ0v) is 9.36. The van der Waals surface area contributed by atoms with Crippen molar-refractivity contribution in [3.8, 4) is 0 Å². The molecule has 0 aromatic carbocycles. The number of aliphatic hydroxyl groups is 1. The molecule has 4 nitrogen and oxygen atoms in total. The van der Waals surface area contributed by atoms with E-state index in [0.29, 0.717) is 13.0 Å². The van der Waals surface area contributed by atoms with Crippen molar-refractivity contribution in [3.63, 3.8) is 0 Å². The lowest BCUT2D eigenvalue weighted by Gasteiger charge is -2.04. The van der Waals surface area contributed by atoms with E-state index in [-0.39, 0.29) is 18.8 Å². The van der Waals surface area contributed by atoms with E-state index in [1.165, 1.54) is 0 Å². The SMILES string of the molecule is CCc1ncn(CCC(=O)CCO)c1C. The Balaban J connectivity index is 2.50. The predicted octanol–water partition coefficient (Wildman–Crippen LogP) is 1.10. The van der Waals surface area contributed by atoms with Crippen molar-refractivity contribution in [2.45, 2.75) is 39.7 Å². The van der Waals surface area contributed by atoms with Gasteiger partial charge >= 0.3 is 0 Å². The Labute approximate surface area is 89.9 Å². The Morgan fingerprint density at radius 2 is 2.27 bits per heavy atom. The maximum atomic E-state index is 11.2. The summed E-state index contributed by atoms with van der Waals surface area (Å²) < 4.78 is 1.99. The number of imidazole rings is 1. The molecule has 4 heteroatoms. The number of Topliss-reactive ketones (excluding diaryl/α,β-unsaturated/α-hetero) is 1. The lowest BCUT2D eigenvalue weighted by molar-refractivity contribution is -0.119. The molecule has 0 aliphatic rings. The number of rotatable bonds is 6. The number of hydrogen-bond acceptors (Lipinski definition) is 3. The van der Waals surface area contributed by atoms with Crippen molar-refractivity contribution in [2.24, 2.45) is 0 Å². The van der Waals surface area contributed by atoms with Crippen LogP contribution in [0.25, 0.3) is 0 Å². The zero-order valence-electron chi connectivity index (χ0n) is 9.36. The van der Waals surface area contributed by atoms with E-state index in [2.05, 4.69) is 11.9 Å². The molecule has 0 aliphatic heterocycles. The maximum Gasteiger partial charge on any atom is 0.136 e. The topological polar surface area (TPSA) is 55.1 Å². The molecule has 0 spiro atoms. The van der Waals surface area contributed by atoms with Crippen LogP contribution in [0.2, 0.25) is 0 Å². The van der Waals surface area contributed by atoms with Gasteiger partial charge in [-0.2, -0.15) is 0 Å². The van der Waals surface area contributed by atoms with Crippen molar-refractivity contribution < 1.29 is 9.90 Å². The Hall–Kier alpha value is -1.16. The first-order valence-corrected chi connectivity index (χ1v) is 5.32. The first-order chi connectivity index (χ1) is 7.19. The van der Waals surface area contributed by atoms with Crippen LogP contribution in [0.15, 0.2) is 6.33 Å². The third-order valence-corrected chi connectivity index (χ3v) is 2.56. The van der Waals surface area contributed by atoms with Gasteiger partial charge in [-0.05, 0) is 13.3 Å². The fraction of sp³-hybridized carbons (Fsp3) is 0.636. The minimum atomic E-state index is -0.0536. The first-order valence-electron chi connectivity index (χ1n) is 5.32. The fourth-order valence-electron chi connectivity index (χ4n) is 1.55. The number of carbonyl (C=O) groups is 1. The van der Waals surface area contributed by atoms with Crippen LogP contribution >= 0.6 is 0 Å². The van der Waals surface area contributed by atoms with Gasteiger partial charge in [0.25, 0.3) is 0 Å². The summed E-state index contributed by atoms with van der Waals surface area (Å²) in [6.45, 7) is 4.69. The predicted molar refractivity (Wildman–Crippen MR) is 57.7 cm³/mol. The number of aryl methyl sites for hydroxylation is 2. The van der Waals surface area contributed by atoms with Crippen LogP contribution in [0.5, 0.6) is 0 Å². The lowest BCUT2D eigenvalue weighted by Crippen LogP contribution is -2.07. The number of aliphatic hydroxyl groups excluding tert-OH is 1. The van der Waals surface area contributed by atoms with E-state index in [0.717, 1.165) is 17.8 Å². The molecule has 1 N–H and O–H groups in total. The Morgan fingerprint density at radius 3 is 2.80 bits per heavy atom. The Morgan fingerprint density at radius 1 is 1.53 bits per heavy atom. The maximum absolute atomic E-state index is 11.2. The molecule has 0 unspecified atom stereocenters. The van der Waals surface area contributed by atoms with Gasteiger partial charge in [0.2, 0.25) is 0 Å². The van der Waals surface area contributed by atoms with Crippen molar-refractivity contribution in [1.29, 1.82) is 0 Å². The lowest BCUT2D eigenvalue weighted by atomic mass is 10.2. The summed E-state index contributed by atoms with van der Waals surface area (Å²) in [6, 6.07) is 0. The van der Waals surface area contributed by atoms with Gasteiger partial charge in [0.15, 0.2) is 0 Å². The molecule has 15 heavy (non-hydrogen) atoms. The highest BCUT2D eigenvalue weighted by Gasteiger charge is 2.06. The monoisotopic (exact) mass is 210 g/mol. The second kappa shape index (κ2) is 5.66. The van der Waals surface area contributed by atoms with Gasteiger partial charge in [0, 0.05) is 31.7 Å². The largest absolute Gasteiger partial charge is 0.396 e. The van der Waals surface area contributed by atoms with Gasteiger partial charge in [-0.25, -0.2) is 4.98 Å². The smallest absolute Gasteiger partial charge is 0.136 e. The van der Waals surface area contributed by atoms with Crippen LogP contribution in [-0.2, 0) is 17.8 Å². The molecule has 1 aromatic heterocycles. The molecule has 0 saturated carbocycles. The van der Waals surface area contributed by atoms with Crippen molar-refractivity contribution >= 4 is 5.78 Å². The molecule has 0 bridgehead atoms. The number of nitrogens with zero attached hydrogens (tertiary/aromatic N) is 2. The number of aromatic nitrogens is 2. The molecule has 1 heterocycles. The molecular weight excluding hydrogens is 192 g/mol. The Kier molecular flexibility index (Phi) is 4.49. The van der Waals surface area contributed by atoms with Crippen LogP contribution < -0.4 is 0 Å². The second-order valence-corrected chi connectivity index (χ2v) is 3.59. The summed E-state index contributed by atoms with van der Waals surface area (Å²) in [5.41, 5.74) is 2.22. The minimum absolute atomic E-state index is 0.0536. The van der Waals surface area contributed by atoms with Crippen molar-refractivity contribution in [2.75, 3.05) is 6.61 Å². The van der Waals surface area contributed by atoms with E-state index in [9.17, 15) is 4.79 Å². The quantitative estimate of drug-likeness (QED) is 0.764. The number of hydrogen-bond donors (Lipinski definition) is 1. The van der Waals surface area contributed by atoms with Crippen LogP contribution in [0.4, 0.5) is 0 Å². The van der Waals surface area contributed by atoms with Crippen LogP contribution in [0.3, 0.4) is 0 Å². The van der Waals surface area contributed by atoms with E-state index < -0.39 is 0 Å². The van der Waals surface area contributed by atoms with Gasteiger partial charge in [-0.15, -0.1) is 0 Å². The number of carbonyl (C=O) groups excluding carboxylic acids is 1. The minimum Gasteiger partial charge on any atom is -0.396 e. The highest BCUT2D eigenvalue weighted by Crippen LogP contribution is 2.07. The zero-order chi connectivity index (χ0) is 11.3. The molecule has 0 saturated heterocycles. The molecule has 0 atom stereocenters. The standard InChI is InChI=1S/C11H18N2O2/c1-3-11-9(2)13(8-12-11)6-4-10(15)5-7-14/h8,14H,3-7H2,1-2H3. The van der Waals surface area contributed by atoms with Gasteiger partial charge < -0.3 is 9.67 Å². The van der Waals surface area contributed by atoms with E-state index in [1.54, 1.807) is 6.33 Å². The molecule has 1 aromatic rings. The molecule has 0 aliphatic carbocycles. The van der Waals surface area contributed by atoms with Gasteiger partial charge in [-0.1, -0.05) is 6.92 Å². The molecule has 84 valence electrons. The van der Waals surface area contributed by atoms with Gasteiger partial charge in [0.05, 0.1) is 12.0 Å². The summed E-state index contributed by atoms with van der Waals surface area (Å²) in [5, 5.41) is 8.59. The van der Waals surface area contributed by atoms with E-state index in [1.807, 2.05) is 11.5 Å². The van der Waals surface area contributed by atoms with Crippen molar-refractivity contribution in [1.82, 2.24) is 9.55 Å².